The van der Waals surface area contributed by atoms with E-state index in [1.165, 1.54) is 0 Å². The van der Waals surface area contributed by atoms with Crippen LogP contribution in [0.2, 0.25) is 5.02 Å². The molecule has 1 saturated heterocycles. The van der Waals surface area contributed by atoms with Crippen LogP contribution in [0.25, 0.3) is 10.9 Å². The number of hydrogen-bond acceptors (Lipinski definition) is 4. The summed E-state index contributed by atoms with van der Waals surface area (Å²) < 4.78 is 7.59. The van der Waals surface area contributed by atoms with Gasteiger partial charge in [0, 0.05) is 35.6 Å². The molecule has 9 heteroatoms. The van der Waals surface area contributed by atoms with Gasteiger partial charge in [-0.15, -0.1) is 0 Å². The predicted molar refractivity (Wildman–Crippen MR) is 119 cm³/mol. The van der Waals surface area contributed by atoms with Crippen molar-refractivity contribution >= 4 is 34.3 Å². The summed E-state index contributed by atoms with van der Waals surface area (Å²) in [5.41, 5.74) is 2.56. The Balaban J connectivity index is 1.27. The van der Waals surface area contributed by atoms with Crippen molar-refractivity contribution in [2.45, 2.75) is 37.9 Å². The van der Waals surface area contributed by atoms with E-state index in [0.717, 1.165) is 35.9 Å². The number of nitrogens with one attached hydrogen (secondary N) is 1. The van der Waals surface area contributed by atoms with Crippen LogP contribution in [0.3, 0.4) is 0 Å². The quantitative estimate of drug-likeness (QED) is 0.646. The minimum atomic E-state index is -0.157. The highest BCUT2D eigenvalue weighted by molar-refractivity contribution is 6.35. The lowest BCUT2D eigenvalue weighted by Gasteiger charge is -2.31. The number of halogens is 1. The molecule has 1 N–H and O–H groups in total. The van der Waals surface area contributed by atoms with Crippen LogP contribution in [0, 0.1) is 0 Å². The Morgan fingerprint density at radius 1 is 1.16 bits per heavy atom. The van der Waals surface area contributed by atoms with Crippen molar-refractivity contribution in [2.75, 3.05) is 26.3 Å². The predicted octanol–water partition coefficient (Wildman–Crippen LogP) is 3.07. The average Bonchev–Trinajstić information content (AvgIpc) is 3.32. The fraction of sp³-hybridized carbons (Fsp3) is 0.435. The second-order valence-electron chi connectivity index (χ2n) is 8.93. The van der Waals surface area contributed by atoms with Crippen LogP contribution in [0.15, 0.2) is 30.5 Å². The maximum absolute atomic E-state index is 13.5. The van der Waals surface area contributed by atoms with Crippen molar-refractivity contribution in [3.63, 3.8) is 0 Å². The SMILES string of the molecule is O=C(c1cc2c(Cl)cccc2[nH]1)N1CCn2ncc(C(=O)N3CCCOCC34CC4)c2C1. The topological polar surface area (TPSA) is 83.5 Å². The number of H-pyrrole nitrogens is 1. The number of carbonyl (C=O) groups excluding carboxylic acids is 2. The maximum atomic E-state index is 13.5. The molecular weight excluding hydrogens is 430 g/mol. The summed E-state index contributed by atoms with van der Waals surface area (Å²) in [6.45, 7) is 3.43. The summed E-state index contributed by atoms with van der Waals surface area (Å²) in [4.78, 5) is 33.7. The van der Waals surface area contributed by atoms with E-state index in [1.807, 2.05) is 27.8 Å². The summed E-state index contributed by atoms with van der Waals surface area (Å²) in [6.07, 6.45) is 4.46. The minimum absolute atomic E-state index is 0.000873. The minimum Gasteiger partial charge on any atom is -0.379 e. The highest BCUT2D eigenvalue weighted by Gasteiger charge is 2.51. The van der Waals surface area contributed by atoms with Crippen LogP contribution in [-0.2, 0) is 17.8 Å². The largest absolute Gasteiger partial charge is 0.379 e. The molecule has 32 heavy (non-hydrogen) atoms. The molecule has 0 bridgehead atoms. The molecule has 3 aromatic rings. The Labute approximate surface area is 190 Å². The van der Waals surface area contributed by atoms with Gasteiger partial charge in [-0.3, -0.25) is 14.3 Å². The third kappa shape index (κ3) is 3.12. The molecule has 1 aromatic carbocycles. The Morgan fingerprint density at radius 3 is 2.84 bits per heavy atom. The van der Waals surface area contributed by atoms with E-state index in [2.05, 4.69) is 10.1 Å². The molecule has 0 radical (unpaired) electrons. The summed E-state index contributed by atoms with van der Waals surface area (Å²) >= 11 is 6.27. The van der Waals surface area contributed by atoms with E-state index in [-0.39, 0.29) is 17.4 Å². The van der Waals surface area contributed by atoms with Crippen molar-refractivity contribution in [3.05, 3.63) is 52.4 Å². The first kappa shape index (κ1) is 19.8. The van der Waals surface area contributed by atoms with Gasteiger partial charge < -0.3 is 19.5 Å². The first-order valence-electron chi connectivity index (χ1n) is 11.1. The summed E-state index contributed by atoms with van der Waals surface area (Å²) in [7, 11) is 0. The number of aromatic amines is 1. The Kier molecular flexibility index (Phi) is 4.55. The van der Waals surface area contributed by atoms with E-state index in [1.54, 1.807) is 17.2 Å². The normalized spacial score (nSPS) is 19.8. The molecule has 8 nitrogen and oxygen atoms in total. The van der Waals surface area contributed by atoms with Gasteiger partial charge in [0.1, 0.15) is 5.69 Å². The number of nitrogens with zero attached hydrogens (tertiary/aromatic N) is 4. The number of fused-ring (bicyclic) bond motifs is 2. The zero-order chi connectivity index (χ0) is 21.9. The zero-order valence-electron chi connectivity index (χ0n) is 17.6. The molecule has 2 amide bonds. The van der Waals surface area contributed by atoms with Crippen LogP contribution in [0.4, 0.5) is 0 Å². The van der Waals surface area contributed by atoms with E-state index >= 15 is 0 Å². The molecule has 6 rings (SSSR count). The number of hydrogen-bond donors (Lipinski definition) is 1. The Morgan fingerprint density at radius 2 is 2.03 bits per heavy atom. The summed E-state index contributed by atoms with van der Waals surface area (Å²) in [6, 6.07) is 7.36. The van der Waals surface area contributed by atoms with Gasteiger partial charge in [0.15, 0.2) is 0 Å². The number of amides is 2. The highest BCUT2D eigenvalue weighted by Crippen LogP contribution is 2.44. The van der Waals surface area contributed by atoms with E-state index in [9.17, 15) is 9.59 Å². The van der Waals surface area contributed by atoms with E-state index in [4.69, 9.17) is 16.3 Å². The second kappa shape index (κ2) is 7.35. The molecule has 0 unspecified atom stereocenters. The van der Waals surface area contributed by atoms with Gasteiger partial charge in [-0.2, -0.15) is 5.10 Å². The van der Waals surface area contributed by atoms with Gasteiger partial charge in [0.05, 0.1) is 42.7 Å². The van der Waals surface area contributed by atoms with Crippen LogP contribution in [-0.4, -0.2) is 68.2 Å². The van der Waals surface area contributed by atoms with Crippen LogP contribution in [0.1, 0.15) is 45.8 Å². The molecule has 1 aliphatic carbocycles. The fourth-order valence-corrected chi connectivity index (χ4v) is 5.15. The number of rotatable bonds is 2. The molecule has 0 atom stereocenters. The highest BCUT2D eigenvalue weighted by atomic mass is 35.5. The lowest BCUT2D eigenvalue weighted by molar-refractivity contribution is 0.0544. The van der Waals surface area contributed by atoms with Gasteiger partial charge in [0.25, 0.3) is 11.8 Å². The fourth-order valence-electron chi connectivity index (χ4n) is 4.92. The van der Waals surface area contributed by atoms with Crippen molar-refractivity contribution in [1.82, 2.24) is 24.6 Å². The molecule has 166 valence electrons. The average molecular weight is 454 g/mol. The maximum Gasteiger partial charge on any atom is 0.270 e. The number of aromatic nitrogens is 3. The van der Waals surface area contributed by atoms with Gasteiger partial charge in [-0.1, -0.05) is 17.7 Å². The molecular formula is C23H24ClN5O3. The standard InChI is InChI=1S/C23H24ClN5O3/c24-17-3-1-4-18-15(17)11-19(26-18)22(31)27-8-9-29-20(13-27)16(12-25-29)21(30)28-7-2-10-32-14-23(28)5-6-23/h1,3-4,11-12,26H,2,5-10,13-14H2. The molecule has 1 spiro atoms. The van der Waals surface area contributed by atoms with Crippen LogP contribution < -0.4 is 0 Å². The van der Waals surface area contributed by atoms with Gasteiger partial charge in [-0.05, 0) is 37.5 Å². The third-order valence-corrected chi connectivity index (χ3v) is 7.25. The molecule has 2 fully saturated rings. The van der Waals surface area contributed by atoms with Crippen molar-refractivity contribution in [2.24, 2.45) is 0 Å². The smallest absolute Gasteiger partial charge is 0.270 e. The lowest BCUT2D eigenvalue weighted by Crippen LogP contribution is -2.45. The van der Waals surface area contributed by atoms with Crippen LogP contribution in [0.5, 0.6) is 0 Å². The summed E-state index contributed by atoms with van der Waals surface area (Å²) in [5.74, 6) is -0.106. The van der Waals surface area contributed by atoms with E-state index < -0.39 is 0 Å². The number of benzene rings is 1. The molecule has 4 heterocycles. The first-order valence-corrected chi connectivity index (χ1v) is 11.4. The molecule has 1 saturated carbocycles. The number of ether oxygens (including phenoxy) is 1. The zero-order valence-corrected chi connectivity index (χ0v) is 18.4. The second-order valence-corrected chi connectivity index (χ2v) is 9.33. The van der Waals surface area contributed by atoms with Crippen molar-refractivity contribution < 1.29 is 14.3 Å². The summed E-state index contributed by atoms with van der Waals surface area (Å²) in [5, 5.41) is 5.89. The van der Waals surface area contributed by atoms with Crippen LogP contribution >= 0.6 is 11.6 Å². The molecule has 2 aliphatic heterocycles. The molecule has 3 aliphatic rings. The molecule has 2 aromatic heterocycles. The lowest BCUT2D eigenvalue weighted by atomic mass is 10.1. The number of carbonyl (C=O) groups is 2. The van der Waals surface area contributed by atoms with Gasteiger partial charge in [-0.25, -0.2) is 0 Å². The van der Waals surface area contributed by atoms with E-state index in [0.29, 0.717) is 55.7 Å². The third-order valence-electron chi connectivity index (χ3n) is 6.92. The van der Waals surface area contributed by atoms with Gasteiger partial charge in [0.2, 0.25) is 0 Å². The first-order chi connectivity index (χ1) is 15.6. The van der Waals surface area contributed by atoms with Crippen molar-refractivity contribution in [1.29, 1.82) is 0 Å². The monoisotopic (exact) mass is 453 g/mol. The van der Waals surface area contributed by atoms with Crippen molar-refractivity contribution in [3.8, 4) is 0 Å². The Hall–Kier alpha value is -2.84. The Bertz CT molecular complexity index is 1230. The van der Waals surface area contributed by atoms with Gasteiger partial charge >= 0.3 is 0 Å².